The standard InChI is InChI=1S/C10H10N4/c1-3-8-6-14-5-7(2)12-10(14)9(4-11)13-8/h5-6H,3H2,1-2H3. The summed E-state index contributed by atoms with van der Waals surface area (Å²) < 4.78 is 1.86. The van der Waals surface area contributed by atoms with E-state index in [4.69, 9.17) is 5.26 Å². The van der Waals surface area contributed by atoms with Gasteiger partial charge in [-0.25, -0.2) is 9.97 Å². The van der Waals surface area contributed by atoms with Gasteiger partial charge in [-0.2, -0.15) is 5.26 Å². The highest BCUT2D eigenvalue weighted by molar-refractivity contribution is 5.52. The Morgan fingerprint density at radius 3 is 2.86 bits per heavy atom. The Labute approximate surface area is 81.8 Å². The van der Waals surface area contributed by atoms with Gasteiger partial charge in [-0.3, -0.25) is 0 Å². The molecule has 2 rings (SSSR count). The molecule has 0 aliphatic rings. The maximum atomic E-state index is 8.90. The third-order valence-corrected chi connectivity index (χ3v) is 2.08. The molecule has 2 heterocycles. The fraction of sp³-hybridized carbons (Fsp3) is 0.300. The second-order valence-corrected chi connectivity index (χ2v) is 3.16. The van der Waals surface area contributed by atoms with Crippen molar-refractivity contribution in [3.05, 3.63) is 29.5 Å². The highest BCUT2D eigenvalue weighted by Gasteiger charge is 2.06. The quantitative estimate of drug-likeness (QED) is 0.677. The molecule has 0 fully saturated rings. The molecule has 4 heteroatoms. The van der Waals surface area contributed by atoms with Crippen molar-refractivity contribution >= 4 is 5.65 Å². The molecule has 0 saturated heterocycles. The molecule has 2 aromatic heterocycles. The Morgan fingerprint density at radius 1 is 1.43 bits per heavy atom. The number of hydrogen-bond donors (Lipinski definition) is 0. The Kier molecular flexibility index (Phi) is 1.93. The molecule has 0 bridgehead atoms. The number of nitriles is 1. The number of imidazole rings is 1. The summed E-state index contributed by atoms with van der Waals surface area (Å²) in [7, 11) is 0. The van der Waals surface area contributed by atoms with Gasteiger partial charge < -0.3 is 4.40 Å². The van der Waals surface area contributed by atoms with Crippen LogP contribution in [0.3, 0.4) is 0 Å². The van der Waals surface area contributed by atoms with Gasteiger partial charge in [-0.15, -0.1) is 0 Å². The van der Waals surface area contributed by atoms with Gasteiger partial charge in [0.15, 0.2) is 11.3 Å². The fourth-order valence-electron chi connectivity index (χ4n) is 1.42. The van der Waals surface area contributed by atoms with Crippen LogP contribution in [0.25, 0.3) is 5.65 Å². The van der Waals surface area contributed by atoms with E-state index in [1.165, 1.54) is 0 Å². The van der Waals surface area contributed by atoms with E-state index in [2.05, 4.69) is 16.0 Å². The zero-order valence-corrected chi connectivity index (χ0v) is 8.15. The van der Waals surface area contributed by atoms with Gasteiger partial charge in [0.2, 0.25) is 0 Å². The fourth-order valence-corrected chi connectivity index (χ4v) is 1.42. The third-order valence-electron chi connectivity index (χ3n) is 2.08. The number of rotatable bonds is 1. The van der Waals surface area contributed by atoms with Crippen molar-refractivity contribution in [2.75, 3.05) is 0 Å². The first-order valence-electron chi connectivity index (χ1n) is 4.50. The van der Waals surface area contributed by atoms with E-state index in [-0.39, 0.29) is 0 Å². The summed E-state index contributed by atoms with van der Waals surface area (Å²) in [6.45, 7) is 3.92. The number of fused-ring (bicyclic) bond motifs is 1. The minimum atomic E-state index is 0.400. The topological polar surface area (TPSA) is 54.0 Å². The minimum absolute atomic E-state index is 0.400. The first kappa shape index (κ1) is 8.70. The summed E-state index contributed by atoms with van der Waals surface area (Å²) in [6.07, 6.45) is 4.63. The summed E-state index contributed by atoms with van der Waals surface area (Å²) in [5, 5.41) is 8.90. The molecule has 70 valence electrons. The van der Waals surface area contributed by atoms with Crippen molar-refractivity contribution < 1.29 is 0 Å². The van der Waals surface area contributed by atoms with E-state index in [1.54, 1.807) is 0 Å². The van der Waals surface area contributed by atoms with Crippen molar-refractivity contribution in [2.24, 2.45) is 0 Å². The molecule has 0 saturated carbocycles. The average Bonchev–Trinajstić information content (AvgIpc) is 2.56. The zero-order chi connectivity index (χ0) is 10.1. The Hall–Kier alpha value is -1.89. The Balaban J connectivity index is 2.80. The predicted molar refractivity (Wildman–Crippen MR) is 51.8 cm³/mol. The van der Waals surface area contributed by atoms with E-state index < -0.39 is 0 Å². The van der Waals surface area contributed by atoms with Gasteiger partial charge in [0.1, 0.15) is 6.07 Å². The molecule has 0 unspecified atom stereocenters. The smallest absolute Gasteiger partial charge is 0.184 e. The van der Waals surface area contributed by atoms with Crippen LogP contribution < -0.4 is 0 Å². The Morgan fingerprint density at radius 2 is 2.21 bits per heavy atom. The molecule has 14 heavy (non-hydrogen) atoms. The van der Waals surface area contributed by atoms with Crippen LogP contribution in [0.2, 0.25) is 0 Å². The van der Waals surface area contributed by atoms with E-state index >= 15 is 0 Å². The van der Waals surface area contributed by atoms with Crippen LogP contribution in [0, 0.1) is 18.3 Å². The lowest BCUT2D eigenvalue weighted by Gasteiger charge is -1.99. The molecule has 0 aliphatic heterocycles. The number of aromatic nitrogens is 3. The summed E-state index contributed by atoms with van der Waals surface area (Å²) >= 11 is 0. The first-order chi connectivity index (χ1) is 6.74. The van der Waals surface area contributed by atoms with Gasteiger partial charge in [0.05, 0.1) is 11.4 Å². The number of nitrogens with zero attached hydrogens (tertiary/aromatic N) is 4. The van der Waals surface area contributed by atoms with Crippen LogP contribution in [-0.4, -0.2) is 14.4 Å². The van der Waals surface area contributed by atoms with Crippen molar-refractivity contribution in [3.8, 4) is 6.07 Å². The molecular formula is C10H10N4. The Bertz CT molecular complexity index is 519. The van der Waals surface area contributed by atoms with Crippen molar-refractivity contribution in [1.29, 1.82) is 5.26 Å². The molecule has 0 aromatic carbocycles. The van der Waals surface area contributed by atoms with Crippen molar-refractivity contribution in [2.45, 2.75) is 20.3 Å². The van der Waals surface area contributed by atoms with Crippen LogP contribution in [0.1, 0.15) is 24.0 Å². The normalized spacial score (nSPS) is 10.4. The van der Waals surface area contributed by atoms with Gasteiger partial charge in [0, 0.05) is 12.4 Å². The van der Waals surface area contributed by atoms with Gasteiger partial charge in [0.25, 0.3) is 0 Å². The van der Waals surface area contributed by atoms with E-state index in [0.717, 1.165) is 17.8 Å². The van der Waals surface area contributed by atoms with Crippen LogP contribution in [0.5, 0.6) is 0 Å². The molecule has 0 N–H and O–H groups in total. The highest BCUT2D eigenvalue weighted by atomic mass is 15.0. The summed E-state index contributed by atoms with van der Waals surface area (Å²) in [6, 6.07) is 2.06. The monoisotopic (exact) mass is 186 g/mol. The van der Waals surface area contributed by atoms with E-state index in [0.29, 0.717) is 11.3 Å². The van der Waals surface area contributed by atoms with Gasteiger partial charge >= 0.3 is 0 Å². The molecule has 0 aliphatic carbocycles. The first-order valence-corrected chi connectivity index (χ1v) is 4.50. The highest BCUT2D eigenvalue weighted by Crippen LogP contribution is 2.09. The predicted octanol–water partition coefficient (Wildman–Crippen LogP) is 1.47. The second-order valence-electron chi connectivity index (χ2n) is 3.16. The molecule has 0 radical (unpaired) electrons. The van der Waals surface area contributed by atoms with Crippen LogP contribution in [0.15, 0.2) is 12.4 Å². The van der Waals surface area contributed by atoms with Crippen LogP contribution >= 0.6 is 0 Å². The van der Waals surface area contributed by atoms with Gasteiger partial charge in [-0.05, 0) is 13.3 Å². The lowest BCUT2D eigenvalue weighted by molar-refractivity contribution is 0.970. The molecular weight excluding hydrogens is 176 g/mol. The molecule has 0 atom stereocenters. The average molecular weight is 186 g/mol. The number of hydrogen-bond acceptors (Lipinski definition) is 3. The molecule has 4 nitrogen and oxygen atoms in total. The van der Waals surface area contributed by atoms with Crippen molar-refractivity contribution in [1.82, 2.24) is 14.4 Å². The third kappa shape index (κ3) is 1.23. The van der Waals surface area contributed by atoms with E-state index in [9.17, 15) is 0 Å². The van der Waals surface area contributed by atoms with Gasteiger partial charge in [-0.1, -0.05) is 6.92 Å². The lowest BCUT2D eigenvalue weighted by atomic mass is 10.3. The zero-order valence-electron chi connectivity index (χ0n) is 8.15. The summed E-state index contributed by atoms with van der Waals surface area (Å²) in [4.78, 5) is 8.44. The largest absolute Gasteiger partial charge is 0.303 e. The lowest BCUT2D eigenvalue weighted by Crippen LogP contribution is -1.97. The SMILES string of the molecule is CCc1cn2cc(C)nc2c(C#N)n1. The maximum Gasteiger partial charge on any atom is 0.184 e. The molecule has 2 aromatic rings. The summed E-state index contributed by atoms with van der Waals surface area (Å²) in [5.41, 5.74) is 2.85. The maximum absolute atomic E-state index is 8.90. The van der Waals surface area contributed by atoms with E-state index in [1.807, 2.05) is 30.6 Å². The molecule has 0 amide bonds. The molecule has 0 spiro atoms. The summed E-state index contributed by atoms with van der Waals surface area (Å²) in [5.74, 6) is 0. The minimum Gasteiger partial charge on any atom is -0.303 e. The van der Waals surface area contributed by atoms with Crippen LogP contribution in [-0.2, 0) is 6.42 Å². The number of aryl methyl sites for hydroxylation is 2. The second kappa shape index (κ2) is 3.11. The van der Waals surface area contributed by atoms with Crippen molar-refractivity contribution in [3.63, 3.8) is 0 Å². The van der Waals surface area contributed by atoms with Crippen LogP contribution in [0.4, 0.5) is 0 Å².